The minimum atomic E-state index is -3.63. The topological polar surface area (TPSA) is 127 Å². The van der Waals surface area contributed by atoms with Crippen LogP contribution in [0.25, 0.3) is 33.5 Å². The lowest BCUT2D eigenvalue weighted by molar-refractivity contribution is 0.0616. The van der Waals surface area contributed by atoms with Crippen molar-refractivity contribution < 1.29 is 22.7 Å². The third-order valence-electron chi connectivity index (χ3n) is 7.84. The van der Waals surface area contributed by atoms with E-state index < -0.39 is 16.0 Å². The highest BCUT2D eigenvalue weighted by Gasteiger charge is 2.36. The molecule has 6 rings (SSSR count). The number of ether oxygens (including phenoxy) is 1. The number of fused-ring (bicyclic) bond motifs is 2. The number of aromatic amines is 2. The number of imidazole rings is 1. The van der Waals surface area contributed by atoms with Gasteiger partial charge in [0.1, 0.15) is 5.69 Å². The average molecular weight is 555 g/mol. The molecule has 2 aromatic heterocycles. The number of nitrogens with zero attached hydrogens (tertiary/aromatic N) is 4. The number of aromatic nitrogens is 4. The molecule has 1 saturated heterocycles. The number of nitrogens with one attached hydrogen (secondary N) is 2. The van der Waals surface area contributed by atoms with Gasteiger partial charge in [0, 0.05) is 44.7 Å². The lowest BCUT2D eigenvalue weighted by Gasteiger charge is -2.35. The summed E-state index contributed by atoms with van der Waals surface area (Å²) >= 11 is 0. The highest BCUT2D eigenvalue weighted by Crippen LogP contribution is 2.34. The minimum Gasteiger partial charge on any atom is -0.505 e. The number of phenols is 1. The van der Waals surface area contributed by atoms with Crippen molar-refractivity contribution >= 4 is 21.1 Å². The van der Waals surface area contributed by atoms with Gasteiger partial charge in [-0.2, -0.15) is 22.1 Å². The Hall–Kier alpha value is -3.32. The van der Waals surface area contributed by atoms with Crippen molar-refractivity contribution in [2.45, 2.75) is 45.2 Å². The van der Waals surface area contributed by atoms with E-state index in [0.717, 1.165) is 33.4 Å². The van der Waals surface area contributed by atoms with E-state index in [0.29, 0.717) is 62.5 Å². The summed E-state index contributed by atoms with van der Waals surface area (Å²) < 4.78 is 49.2. The van der Waals surface area contributed by atoms with Gasteiger partial charge >= 0.3 is 0 Å². The van der Waals surface area contributed by atoms with E-state index in [9.17, 15) is 17.9 Å². The van der Waals surface area contributed by atoms with Crippen molar-refractivity contribution in [1.82, 2.24) is 28.8 Å². The summed E-state index contributed by atoms with van der Waals surface area (Å²) in [7, 11) is -1.98. The Morgan fingerprint density at radius 2 is 2.03 bits per heavy atom. The molecule has 4 heterocycles. The molecule has 0 amide bonds. The highest BCUT2D eigenvalue weighted by atomic mass is 32.2. The van der Waals surface area contributed by atoms with E-state index in [-0.39, 0.29) is 18.3 Å². The first-order valence-corrected chi connectivity index (χ1v) is 14.5. The van der Waals surface area contributed by atoms with Crippen LogP contribution in [-0.4, -0.2) is 75.1 Å². The first-order valence-electron chi connectivity index (χ1n) is 13.1. The summed E-state index contributed by atoms with van der Waals surface area (Å²) in [6, 6.07) is 8.47. The van der Waals surface area contributed by atoms with Crippen LogP contribution >= 0.6 is 0 Å². The average Bonchev–Trinajstić information content (AvgIpc) is 3.57. The van der Waals surface area contributed by atoms with E-state index in [1.165, 1.54) is 20.7 Å². The molecule has 0 aliphatic carbocycles. The van der Waals surface area contributed by atoms with Crippen LogP contribution < -0.4 is 0 Å². The zero-order valence-electron chi connectivity index (χ0n) is 21.9. The number of aromatic hydroxyl groups is 1. The molecule has 4 aromatic rings. The second-order valence-electron chi connectivity index (χ2n) is 10.1. The van der Waals surface area contributed by atoms with Crippen LogP contribution in [0.5, 0.6) is 5.75 Å². The molecular formula is C27H31FN6O4S. The summed E-state index contributed by atoms with van der Waals surface area (Å²) in [4.78, 5) is 8.07. The van der Waals surface area contributed by atoms with Crippen LogP contribution in [0.1, 0.15) is 36.7 Å². The fraction of sp³-hybridized carbons (Fsp3) is 0.407. The van der Waals surface area contributed by atoms with Gasteiger partial charge in [-0.05, 0) is 60.2 Å². The Bertz CT molecular complexity index is 1640. The number of aryl methyl sites for hydroxylation is 1. The number of phenolic OH excluding ortho intramolecular Hbond substituents is 1. The molecule has 1 fully saturated rings. The molecule has 0 spiro atoms. The van der Waals surface area contributed by atoms with Gasteiger partial charge in [0.25, 0.3) is 10.2 Å². The summed E-state index contributed by atoms with van der Waals surface area (Å²) in [5.74, 6) is -0.450. The first kappa shape index (κ1) is 25.9. The number of rotatable bonds is 6. The molecule has 0 bridgehead atoms. The van der Waals surface area contributed by atoms with Crippen molar-refractivity contribution in [2.75, 3.05) is 26.8 Å². The first-order chi connectivity index (χ1) is 18.8. The van der Waals surface area contributed by atoms with Gasteiger partial charge in [-0.15, -0.1) is 0 Å². The lowest BCUT2D eigenvalue weighted by atomic mass is 9.96. The molecule has 0 unspecified atom stereocenters. The van der Waals surface area contributed by atoms with Crippen molar-refractivity contribution in [3.8, 4) is 28.4 Å². The second-order valence-corrected chi connectivity index (χ2v) is 12.1. The predicted octanol–water partition coefficient (Wildman–Crippen LogP) is 3.74. The second kappa shape index (κ2) is 10.0. The van der Waals surface area contributed by atoms with Gasteiger partial charge in [0.2, 0.25) is 0 Å². The molecule has 12 heteroatoms. The molecular weight excluding hydrogens is 523 g/mol. The van der Waals surface area contributed by atoms with E-state index >= 15 is 0 Å². The van der Waals surface area contributed by atoms with Crippen molar-refractivity contribution in [3.05, 3.63) is 53.1 Å². The Balaban J connectivity index is 1.27. The van der Waals surface area contributed by atoms with Crippen molar-refractivity contribution in [3.63, 3.8) is 0 Å². The molecule has 2 aliphatic rings. The SMILES string of the molecule is CCc1cc(O)c(F)cc1-c1ccc2c(-c3nc4c([nH]3)CN(S(=O)(=O)N(C)C3CCOCC3)CC4)n[nH]c2c1. The largest absolute Gasteiger partial charge is 0.505 e. The summed E-state index contributed by atoms with van der Waals surface area (Å²) in [5.41, 5.74) is 5.36. The molecule has 39 heavy (non-hydrogen) atoms. The van der Waals surface area contributed by atoms with Crippen LogP contribution in [0.15, 0.2) is 30.3 Å². The number of hydrogen-bond acceptors (Lipinski definition) is 6. The van der Waals surface area contributed by atoms with Gasteiger partial charge in [-0.25, -0.2) is 9.37 Å². The van der Waals surface area contributed by atoms with Gasteiger partial charge < -0.3 is 14.8 Å². The number of hydrogen-bond donors (Lipinski definition) is 3. The number of H-pyrrole nitrogens is 2. The maximum Gasteiger partial charge on any atom is 0.282 e. The van der Waals surface area contributed by atoms with E-state index in [1.54, 1.807) is 7.05 Å². The third-order valence-corrected chi connectivity index (χ3v) is 9.83. The summed E-state index contributed by atoms with van der Waals surface area (Å²) in [6.07, 6.45) is 2.53. The standard InChI is InChI=1S/C27H31FN6O4S/c1-3-16-13-25(35)21(28)14-20(16)17-4-5-19-23(12-17)31-32-26(19)27-29-22-6-9-34(15-24(22)30-27)39(36,37)33(2)18-7-10-38-11-8-18/h4-5,12-14,18,35H,3,6-11,15H2,1-2H3,(H,29,30)(H,31,32). The number of benzene rings is 2. The van der Waals surface area contributed by atoms with Crippen molar-refractivity contribution in [1.29, 1.82) is 0 Å². The minimum absolute atomic E-state index is 0.0609. The van der Waals surface area contributed by atoms with Gasteiger partial charge in [-0.3, -0.25) is 5.10 Å². The van der Waals surface area contributed by atoms with E-state index in [2.05, 4.69) is 15.2 Å². The molecule has 0 saturated carbocycles. The monoisotopic (exact) mass is 554 g/mol. The van der Waals surface area contributed by atoms with Crippen LogP contribution in [0.2, 0.25) is 0 Å². The number of halogens is 1. The lowest BCUT2D eigenvalue weighted by Crippen LogP contribution is -2.49. The van der Waals surface area contributed by atoms with Crippen LogP contribution in [0.4, 0.5) is 4.39 Å². The van der Waals surface area contributed by atoms with E-state index in [1.807, 2.05) is 25.1 Å². The molecule has 0 atom stereocenters. The Labute approximate surface area is 226 Å². The maximum atomic E-state index is 14.1. The Morgan fingerprint density at radius 3 is 2.79 bits per heavy atom. The quantitative estimate of drug-likeness (QED) is 0.333. The highest BCUT2D eigenvalue weighted by molar-refractivity contribution is 7.86. The van der Waals surface area contributed by atoms with E-state index in [4.69, 9.17) is 9.72 Å². The molecule has 3 N–H and O–H groups in total. The molecule has 2 aromatic carbocycles. The summed E-state index contributed by atoms with van der Waals surface area (Å²) in [5, 5.41) is 18.2. The predicted molar refractivity (Wildman–Crippen MR) is 145 cm³/mol. The Morgan fingerprint density at radius 1 is 1.23 bits per heavy atom. The fourth-order valence-corrected chi connectivity index (χ4v) is 7.10. The van der Waals surface area contributed by atoms with Crippen molar-refractivity contribution in [2.24, 2.45) is 0 Å². The van der Waals surface area contributed by atoms with Gasteiger partial charge in [0.05, 0.1) is 23.4 Å². The molecule has 10 nitrogen and oxygen atoms in total. The normalized spacial score (nSPS) is 17.2. The zero-order chi connectivity index (χ0) is 27.3. The molecule has 206 valence electrons. The third kappa shape index (κ3) is 4.61. The Kier molecular flexibility index (Phi) is 6.66. The van der Waals surface area contributed by atoms with Gasteiger partial charge in [0.15, 0.2) is 17.4 Å². The van der Waals surface area contributed by atoms with Crippen LogP contribution in [-0.2, 0) is 34.3 Å². The zero-order valence-corrected chi connectivity index (χ0v) is 22.7. The van der Waals surface area contributed by atoms with Crippen LogP contribution in [0, 0.1) is 5.82 Å². The smallest absolute Gasteiger partial charge is 0.282 e. The molecule has 2 aliphatic heterocycles. The van der Waals surface area contributed by atoms with Gasteiger partial charge in [-0.1, -0.05) is 13.0 Å². The maximum absolute atomic E-state index is 14.1. The van der Waals surface area contributed by atoms with Crippen LogP contribution in [0.3, 0.4) is 0 Å². The molecule has 0 radical (unpaired) electrons. The fourth-order valence-electron chi connectivity index (χ4n) is 5.53. The summed E-state index contributed by atoms with van der Waals surface area (Å²) in [6.45, 7) is 3.68.